The van der Waals surface area contributed by atoms with Gasteiger partial charge in [-0.1, -0.05) is 0 Å². The lowest BCUT2D eigenvalue weighted by molar-refractivity contribution is -0.130. The van der Waals surface area contributed by atoms with Gasteiger partial charge >= 0.3 is 0 Å². The zero-order valence-corrected chi connectivity index (χ0v) is 13.7. The fourth-order valence-electron chi connectivity index (χ4n) is 3.83. The molecule has 0 radical (unpaired) electrons. The molecule has 7 heteroatoms. The van der Waals surface area contributed by atoms with Crippen molar-refractivity contribution in [3.8, 4) is 0 Å². The lowest BCUT2D eigenvalue weighted by Crippen LogP contribution is -2.46. The molecule has 2 saturated heterocycles. The Labute approximate surface area is 135 Å². The van der Waals surface area contributed by atoms with Crippen molar-refractivity contribution in [2.45, 2.75) is 45.6 Å². The number of carbonyl (C=O) groups excluding carboxylic acids is 1. The van der Waals surface area contributed by atoms with Crippen molar-refractivity contribution >= 4 is 17.5 Å². The Balaban J connectivity index is 1.58. The number of piperidine rings is 1. The summed E-state index contributed by atoms with van der Waals surface area (Å²) in [6.07, 6.45) is 5.33. The summed E-state index contributed by atoms with van der Waals surface area (Å²) in [6, 6.07) is 0.399. The van der Waals surface area contributed by atoms with E-state index in [1.165, 1.54) is 0 Å². The molecule has 23 heavy (non-hydrogen) atoms. The van der Waals surface area contributed by atoms with Gasteiger partial charge in [0.05, 0.1) is 0 Å². The van der Waals surface area contributed by atoms with Gasteiger partial charge in [0.1, 0.15) is 12.1 Å². The number of aromatic nitrogens is 4. The summed E-state index contributed by atoms with van der Waals surface area (Å²) in [6.45, 7) is 6.92. The third-order valence-corrected chi connectivity index (χ3v) is 5.19. The van der Waals surface area contributed by atoms with Gasteiger partial charge in [-0.05, 0) is 33.1 Å². The number of nitrogens with zero attached hydrogens (tertiary/aromatic N) is 6. The van der Waals surface area contributed by atoms with Crippen LogP contribution in [0.15, 0.2) is 6.33 Å². The molecule has 0 atom stereocenters. The number of rotatable bonds is 2. The molecule has 4 rings (SSSR count). The molecule has 0 aromatic carbocycles. The normalized spacial score (nSPS) is 20.0. The highest BCUT2D eigenvalue weighted by atomic mass is 16.2. The van der Waals surface area contributed by atoms with Gasteiger partial charge < -0.3 is 9.80 Å². The van der Waals surface area contributed by atoms with Crippen LogP contribution in [0.5, 0.6) is 0 Å². The van der Waals surface area contributed by atoms with Crippen LogP contribution in [0.25, 0.3) is 5.78 Å². The Hall–Kier alpha value is -2.18. The maximum atomic E-state index is 11.9. The fraction of sp³-hybridized carbons (Fsp3) is 0.625. The van der Waals surface area contributed by atoms with E-state index in [0.29, 0.717) is 17.7 Å². The van der Waals surface area contributed by atoms with Crippen LogP contribution in [-0.4, -0.2) is 56.1 Å². The van der Waals surface area contributed by atoms with Gasteiger partial charge in [-0.3, -0.25) is 4.79 Å². The first kappa shape index (κ1) is 14.4. The van der Waals surface area contributed by atoms with Crippen molar-refractivity contribution in [1.82, 2.24) is 24.5 Å². The van der Waals surface area contributed by atoms with Crippen LogP contribution in [0.3, 0.4) is 0 Å². The molecule has 2 aliphatic rings. The predicted molar refractivity (Wildman–Crippen MR) is 86.4 cm³/mol. The van der Waals surface area contributed by atoms with Gasteiger partial charge in [-0.25, -0.2) is 4.98 Å². The Morgan fingerprint density at radius 2 is 1.96 bits per heavy atom. The molecule has 2 aliphatic heterocycles. The lowest BCUT2D eigenvalue weighted by Gasteiger charge is -2.38. The summed E-state index contributed by atoms with van der Waals surface area (Å²) in [7, 11) is 0. The highest BCUT2D eigenvalue weighted by molar-refractivity contribution is 5.78. The molecule has 1 amide bonds. The number of hydrogen-bond donors (Lipinski definition) is 0. The van der Waals surface area contributed by atoms with Crippen molar-refractivity contribution < 1.29 is 4.79 Å². The largest absolute Gasteiger partial charge is 0.356 e. The summed E-state index contributed by atoms with van der Waals surface area (Å²) in [4.78, 5) is 25.1. The number of likely N-dealkylation sites (tertiary alicyclic amines) is 1. The molecule has 122 valence electrons. The van der Waals surface area contributed by atoms with Crippen molar-refractivity contribution in [3.05, 3.63) is 17.6 Å². The Morgan fingerprint density at radius 1 is 1.17 bits per heavy atom. The number of carbonyl (C=O) groups is 1. The zero-order valence-electron chi connectivity index (χ0n) is 13.7. The maximum absolute atomic E-state index is 11.9. The monoisotopic (exact) mass is 314 g/mol. The highest BCUT2D eigenvalue weighted by Gasteiger charge is 2.31. The second-order valence-electron chi connectivity index (χ2n) is 6.53. The van der Waals surface area contributed by atoms with Crippen LogP contribution in [-0.2, 0) is 4.79 Å². The minimum Gasteiger partial charge on any atom is -0.356 e. The van der Waals surface area contributed by atoms with E-state index in [2.05, 4.69) is 31.8 Å². The number of amides is 1. The van der Waals surface area contributed by atoms with E-state index in [1.807, 2.05) is 11.4 Å². The molecule has 4 heterocycles. The molecule has 0 N–H and O–H groups in total. The van der Waals surface area contributed by atoms with Crippen LogP contribution >= 0.6 is 0 Å². The molecule has 2 fully saturated rings. The van der Waals surface area contributed by atoms with E-state index >= 15 is 0 Å². The predicted octanol–water partition coefficient (Wildman–Crippen LogP) is 1.33. The van der Waals surface area contributed by atoms with E-state index in [9.17, 15) is 4.79 Å². The molecule has 2 aromatic rings. The molecule has 0 aliphatic carbocycles. The Morgan fingerprint density at radius 3 is 2.65 bits per heavy atom. The summed E-state index contributed by atoms with van der Waals surface area (Å²) in [5.74, 6) is 2.08. The summed E-state index contributed by atoms with van der Waals surface area (Å²) >= 11 is 0. The molecule has 0 bridgehead atoms. The van der Waals surface area contributed by atoms with Gasteiger partial charge in [0.15, 0.2) is 0 Å². The van der Waals surface area contributed by atoms with E-state index < -0.39 is 0 Å². The number of aryl methyl sites for hydroxylation is 1. The third-order valence-electron chi connectivity index (χ3n) is 5.19. The van der Waals surface area contributed by atoms with Crippen molar-refractivity contribution in [1.29, 1.82) is 0 Å². The minimum absolute atomic E-state index is 0.332. The summed E-state index contributed by atoms with van der Waals surface area (Å²) in [5.41, 5.74) is 2.15. The summed E-state index contributed by atoms with van der Waals surface area (Å²) in [5, 5.41) is 4.34. The zero-order chi connectivity index (χ0) is 16.0. The second kappa shape index (κ2) is 5.47. The molecule has 0 unspecified atom stereocenters. The van der Waals surface area contributed by atoms with E-state index in [1.54, 1.807) is 6.33 Å². The molecular weight excluding hydrogens is 292 g/mol. The third kappa shape index (κ3) is 2.34. The first-order valence-corrected chi connectivity index (χ1v) is 8.36. The topological polar surface area (TPSA) is 66.6 Å². The first-order chi connectivity index (χ1) is 11.1. The van der Waals surface area contributed by atoms with Crippen LogP contribution in [0.1, 0.15) is 36.9 Å². The van der Waals surface area contributed by atoms with Crippen molar-refractivity contribution in [2.75, 3.05) is 24.5 Å². The average Bonchev–Trinajstić information content (AvgIpc) is 3.17. The SMILES string of the molecule is Cc1nc2ncnn2c(N2CCC(N3CCCC3=O)CC2)c1C. The van der Waals surface area contributed by atoms with Gasteiger partial charge in [-0.15, -0.1) is 0 Å². The number of fused-ring (bicyclic) bond motifs is 1. The average molecular weight is 314 g/mol. The van der Waals surface area contributed by atoms with Crippen LogP contribution in [0.4, 0.5) is 5.82 Å². The molecule has 7 nitrogen and oxygen atoms in total. The standard InChI is InChI=1S/C16H22N6O/c1-11-12(2)19-16-17-10-18-22(16)15(11)20-8-5-13(6-9-20)21-7-3-4-14(21)23/h10,13H,3-9H2,1-2H3. The fourth-order valence-corrected chi connectivity index (χ4v) is 3.83. The minimum atomic E-state index is 0.332. The molecule has 2 aromatic heterocycles. The van der Waals surface area contributed by atoms with Crippen LogP contribution in [0, 0.1) is 13.8 Å². The van der Waals surface area contributed by atoms with Gasteiger partial charge in [0, 0.05) is 43.4 Å². The Kier molecular flexibility index (Phi) is 3.43. The van der Waals surface area contributed by atoms with Crippen LogP contribution in [0.2, 0.25) is 0 Å². The van der Waals surface area contributed by atoms with Gasteiger partial charge in [0.2, 0.25) is 5.91 Å². The quantitative estimate of drug-likeness (QED) is 0.836. The van der Waals surface area contributed by atoms with Gasteiger partial charge in [0.25, 0.3) is 5.78 Å². The van der Waals surface area contributed by atoms with E-state index in [-0.39, 0.29) is 0 Å². The maximum Gasteiger partial charge on any atom is 0.254 e. The van der Waals surface area contributed by atoms with E-state index in [4.69, 9.17) is 0 Å². The molecule has 0 saturated carbocycles. The second-order valence-corrected chi connectivity index (χ2v) is 6.53. The van der Waals surface area contributed by atoms with Crippen molar-refractivity contribution in [3.63, 3.8) is 0 Å². The van der Waals surface area contributed by atoms with Gasteiger partial charge in [-0.2, -0.15) is 14.6 Å². The smallest absolute Gasteiger partial charge is 0.254 e. The van der Waals surface area contributed by atoms with E-state index in [0.717, 1.165) is 62.4 Å². The Bertz CT molecular complexity index is 746. The number of anilines is 1. The van der Waals surface area contributed by atoms with Crippen LogP contribution < -0.4 is 4.90 Å². The summed E-state index contributed by atoms with van der Waals surface area (Å²) < 4.78 is 1.84. The molecular formula is C16H22N6O. The molecule has 0 spiro atoms. The first-order valence-electron chi connectivity index (χ1n) is 8.36. The van der Waals surface area contributed by atoms with Crippen molar-refractivity contribution in [2.24, 2.45) is 0 Å². The lowest BCUT2D eigenvalue weighted by atomic mass is 10.0. The number of hydrogen-bond acceptors (Lipinski definition) is 5. The highest BCUT2D eigenvalue weighted by Crippen LogP contribution is 2.28.